The van der Waals surface area contributed by atoms with E-state index in [1.54, 1.807) is 6.07 Å². The molecule has 0 bridgehead atoms. The molecule has 0 aliphatic rings. The Balaban J connectivity index is 2.58. The minimum atomic E-state index is -4.48. The van der Waals surface area contributed by atoms with Gasteiger partial charge in [0.2, 0.25) is 0 Å². The van der Waals surface area contributed by atoms with Gasteiger partial charge in [0.05, 0.1) is 17.3 Å². The van der Waals surface area contributed by atoms with Crippen molar-refractivity contribution in [3.05, 3.63) is 59.2 Å². The van der Waals surface area contributed by atoms with Gasteiger partial charge in [-0.05, 0) is 24.1 Å². The number of halogens is 3. The zero-order chi connectivity index (χ0) is 15.5. The molecule has 0 amide bonds. The zero-order valence-electron chi connectivity index (χ0n) is 11.4. The van der Waals surface area contributed by atoms with Crippen LogP contribution in [0.2, 0.25) is 0 Å². The highest BCUT2D eigenvalue weighted by molar-refractivity contribution is 5.37. The van der Waals surface area contributed by atoms with Crippen LogP contribution in [0.15, 0.2) is 36.8 Å². The Labute approximate surface area is 120 Å². The summed E-state index contributed by atoms with van der Waals surface area (Å²) in [5.41, 5.74) is 2.91. The number of rotatable bonds is 4. The topological polar surface area (TPSA) is 63.8 Å². The summed E-state index contributed by atoms with van der Waals surface area (Å²) in [7, 11) is 0. The van der Waals surface area contributed by atoms with Crippen molar-refractivity contribution in [2.24, 2.45) is 5.84 Å². The highest BCUT2D eigenvalue weighted by Gasteiger charge is 2.36. The number of hydrazine groups is 1. The molecule has 0 radical (unpaired) electrons. The first-order valence-corrected chi connectivity index (χ1v) is 6.40. The molecule has 2 aromatic rings. The fourth-order valence-electron chi connectivity index (χ4n) is 2.22. The zero-order valence-corrected chi connectivity index (χ0v) is 11.4. The Morgan fingerprint density at radius 3 is 2.67 bits per heavy atom. The van der Waals surface area contributed by atoms with Crippen LogP contribution in [-0.4, -0.2) is 9.97 Å². The van der Waals surface area contributed by atoms with Crippen LogP contribution in [-0.2, 0) is 12.6 Å². The van der Waals surface area contributed by atoms with Gasteiger partial charge in [-0.2, -0.15) is 13.2 Å². The Bertz CT molecular complexity index is 613. The number of pyridine rings is 2. The quantitative estimate of drug-likeness (QED) is 0.672. The molecule has 2 heterocycles. The number of aryl methyl sites for hydroxylation is 1. The summed E-state index contributed by atoms with van der Waals surface area (Å²) >= 11 is 0. The summed E-state index contributed by atoms with van der Waals surface area (Å²) in [6, 6.07) is 3.63. The normalized spacial score (nSPS) is 13.2. The third-order valence-corrected chi connectivity index (χ3v) is 3.22. The average Bonchev–Trinajstić information content (AvgIpc) is 2.48. The van der Waals surface area contributed by atoms with E-state index < -0.39 is 17.8 Å². The van der Waals surface area contributed by atoms with E-state index in [0.717, 1.165) is 17.8 Å². The second-order valence-electron chi connectivity index (χ2n) is 4.46. The number of hydrogen-bond acceptors (Lipinski definition) is 4. The number of hydrogen-bond donors (Lipinski definition) is 2. The van der Waals surface area contributed by atoms with Gasteiger partial charge >= 0.3 is 6.18 Å². The lowest BCUT2D eigenvalue weighted by Gasteiger charge is -2.21. The lowest BCUT2D eigenvalue weighted by Crippen LogP contribution is -2.32. The van der Waals surface area contributed by atoms with Crippen LogP contribution in [0.1, 0.15) is 35.3 Å². The molecule has 7 heteroatoms. The van der Waals surface area contributed by atoms with Gasteiger partial charge in [0.15, 0.2) is 0 Å². The molecule has 4 nitrogen and oxygen atoms in total. The Morgan fingerprint density at radius 2 is 2.05 bits per heavy atom. The van der Waals surface area contributed by atoms with E-state index in [2.05, 4.69) is 15.4 Å². The summed E-state index contributed by atoms with van der Waals surface area (Å²) in [5.74, 6) is 5.49. The van der Waals surface area contributed by atoms with Crippen molar-refractivity contribution in [1.29, 1.82) is 0 Å². The van der Waals surface area contributed by atoms with Crippen LogP contribution in [0.25, 0.3) is 0 Å². The number of alkyl halides is 3. The van der Waals surface area contributed by atoms with E-state index in [4.69, 9.17) is 5.84 Å². The van der Waals surface area contributed by atoms with Gasteiger partial charge in [-0.15, -0.1) is 0 Å². The summed E-state index contributed by atoms with van der Waals surface area (Å²) in [6.07, 6.45) is -0.0273. The molecule has 0 aromatic carbocycles. The molecule has 0 fully saturated rings. The van der Waals surface area contributed by atoms with Crippen LogP contribution < -0.4 is 11.3 Å². The Kier molecular flexibility index (Phi) is 4.54. The highest BCUT2D eigenvalue weighted by atomic mass is 19.4. The Hall–Kier alpha value is -1.99. The SMILES string of the molecule is CCc1cccnc1C(NN)c1cnccc1C(F)(F)F. The van der Waals surface area contributed by atoms with E-state index in [9.17, 15) is 13.2 Å². The van der Waals surface area contributed by atoms with Crippen LogP contribution >= 0.6 is 0 Å². The molecular weight excluding hydrogens is 281 g/mol. The van der Waals surface area contributed by atoms with E-state index in [0.29, 0.717) is 12.1 Å². The number of nitrogens with two attached hydrogens (primary N) is 1. The van der Waals surface area contributed by atoms with E-state index in [-0.39, 0.29) is 5.56 Å². The van der Waals surface area contributed by atoms with Crippen molar-refractivity contribution >= 4 is 0 Å². The van der Waals surface area contributed by atoms with Gasteiger partial charge in [-0.1, -0.05) is 13.0 Å². The monoisotopic (exact) mass is 296 g/mol. The summed E-state index contributed by atoms with van der Waals surface area (Å²) in [4.78, 5) is 7.97. The maximum Gasteiger partial charge on any atom is 0.416 e. The minimum Gasteiger partial charge on any atom is -0.271 e. The second-order valence-corrected chi connectivity index (χ2v) is 4.46. The molecule has 0 saturated heterocycles. The lowest BCUT2D eigenvalue weighted by atomic mass is 9.96. The first-order valence-electron chi connectivity index (χ1n) is 6.40. The minimum absolute atomic E-state index is 0.0408. The van der Waals surface area contributed by atoms with Crippen molar-refractivity contribution < 1.29 is 13.2 Å². The predicted octanol–water partition coefficient (Wildman–Crippen LogP) is 2.61. The third-order valence-electron chi connectivity index (χ3n) is 3.22. The molecule has 21 heavy (non-hydrogen) atoms. The molecule has 0 aliphatic heterocycles. The molecule has 1 unspecified atom stereocenters. The number of nitrogens with one attached hydrogen (secondary N) is 1. The second kappa shape index (κ2) is 6.19. The lowest BCUT2D eigenvalue weighted by molar-refractivity contribution is -0.138. The molecule has 0 aliphatic carbocycles. The third kappa shape index (κ3) is 3.20. The van der Waals surface area contributed by atoms with Crippen molar-refractivity contribution in [3.63, 3.8) is 0 Å². The van der Waals surface area contributed by atoms with Crippen LogP contribution in [0.3, 0.4) is 0 Å². The van der Waals surface area contributed by atoms with Gasteiger partial charge in [-0.25, -0.2) is 5.43 Å². The molecule has 2 aromatic heterocycles. The number of aromatic nitrogens is 2. The first-order chi connectivity index (χ1) is 9.99. The van der Waals surface area contributed by atoms with E-state index in [1.807, 2.05) is 13.0 Å². The average molecular weight is 296 g/mol. The van der Waals surface area contributed by atoms with Gasteiger partial charge in [0, 0.05) is 24.2 Å². The van der Waals surface area contributed by atoms with Crippen LogP contribution in [0.5, 0.6) is 0 Å². The van der Waals surface area contributed by atoms with Gasteiger partial charge in [-0.3, -0.25) is 15.8 Å². The van der Waals surface area contributed by atoms with Crippen LogP contribution in [0.4, 0.5) is 13.2 Å². The van der Waals surface area contributed by atoms with Crippen molar-refractivity contribution in [3.8, 4) is 0 Å². The maximum atomic E-state index is 13.1. The highest BCUT2D eigenvalue weighted by Crippen LogP contribution is 2.36. The largest absolute Gasteiger partial charge is 0.416 e. The maximum absolute atomic E-state index is 13.1. The molecule has 0 saturated carbocycles. The fraction of sp³-hybridized carbons (Fsp3) is 0.286. The molecule has 0 spiro atoms. The van der Waals surface area contributed by atoms with Crippen molar-refractivity contribution in [1.82, 2.24) is 15.4 Å². The van der Waals surface area contributed by atoms with Crippen LogP contribution in [0, 0.1) is 0 Å². The molecular formula is C14H15F3N4. The molecule has 3 N–H and O–H groups in total. The summed E-state index contributed by atoms with van der Waals surface area (Å²) in [6.45, 7) is 1.90. The smallest absolute Gasteiger partial charge is 0.271 e. The predicted molar refractivity (Wildman–Crippen MR) is 72.0 cm³/mol. The Morgan fingerprint density at radius 1 is 1.29 bits per heavy atom. The van der Waals surface area contributed by atoms with Gasteiger partial charge in [0.25, 0.3) is 0 Å². The van der Waals surface area contributed by atoms with Gasteiger partial charge in [0.1, 0.15) is 0 Å². The first kappa shape index (κ1) is 15.4. The summed E-state index contributed by atoms with van der Waals surface area (Å²) in [5, 5.41) is 0. The molecule has 1 atom stereocenters. The number of nitrogens with zero attached hydrogens (tertiary/aromatic N) is 2. The van der Waals surface area contributed by atoms with Crippen molar-refractivity contribution in [2.75, 3.05) is 0 Å². The standard InChI is InChI=1S/C14H15F3N4/c1-2-9-4-3-6-20-12(9)13(21-18)10-8-19-7-5-11(10)14(15,16)17/h3-8,13,21H,2,18H2,1H3. The van der Waals surface area contributed by atoms with E-state index >= 15 is 0 Å². The molecule has 2 rings (SSSR count). The summed E-state index contributed by atoms with van der Waals surface area (Å²) < 4.78 is 39.4. The van der Waals surface area contributed by atoms with Gasteiger partial charge < -0.3 is 0 Å². The van der Waals surface area contributed by atoms with E-state index in [1.165, 1.54) is 12.4 Å². The fourth-order valence-corrected chi connectivity index (χ4v) is 2.22. The van der Waals surface area contributed by atoms with Crippen molar-refractivity contribution in [2.45, 2.75) is 25.6 Å². The molecule has 112 valence electrons.